The van der Waals surface area contributed by atoms with Gasteiger partial charge in [0.25, 0.3) is 0 Å². The van der Waals surface area contributed by atoms with Crippen LogP contribution in [0.25, 0.3) is 0 Å². The highest BCUT2D eigenvalue weighted by Crippen LogP contribution is 2.27. The molecule has 0 bridgehead atoms. The van der Waals surface area contributed by atoms with Gasteiger partial charge in [0.1, 0.15) is 5.15 Å². The zero-order valence-electron chi connectivity index (χ0n) is 13.3. The number of aryl methyl sites for hydroxylation is 1. The first-order valence-corrected chi connectivity index (χ1v) is 7.84. The molecule has 22 heavy (non-hydrogen) atoms. The van der Waals surface area contributed by atoms with E-state index < -0.39 is 0 Å². The third kappa shape index (κ3) is 4.06. The van der Waals surface area contributed by atoms with Gasteiger partial charge < -0.3 is 5.11 Å². The molecular weight excluding hydrogens is 300 g/mol. The minimum absolute atomic E-state index is 0.106. The van der Waals surface area contributed by atoms with Crippen LogP contribution in [0.5, 0.6) is 0 Å². The summed E-state index contributed by atoms with van der Waals surface area (Å²) in [7, 11) is 1.86. The lowest BCUT2D eigenvalue weighted by Crippen LogP contribution is -2.26. The molecular formula is C16H23ClN4O. The predicted octanol–water partition coefficient (Wildman–Crippen LogP) is 2.59. The van der Waals surface area contributed by atoms with Crippen molar-refractivity contribution in [3.63, 3.8) is 0 Å². The average Bonchev–Trinajstić information content (AvgIpc) is 2.77. The molecule has 6 heteroatoms. The Morgan fingerprint density at radius 1 is 1.36 bits per heavy atom. The first kappa shape index (κ1) is 16.9. The number of aromatic nitrogens is 3. The van der Waals surface area contributed by atoms with E-state index in [4.69, 9.17) is 11.6 Å². The Morgan fingerprint density at radius 3 is 2.73 bits per heavy atom. The van der Waals surface area contributed by atoms with Crippen LogP contribution in [0.3, 0.4) is 0 Å². The van der Waals surface area contributed by atoms with Gasteiger partial charge in [-0.15, -0.1) is 0 Å². The van der Waals surface area contributed by atoms with Crippen LogP contribution in [0.2, 0.25) is 5.15 Å². The molecule has 0 saturated carbocycles. The number of rotatable bonds is 7. The summed E-state index contributed by atoms with van der Waals surface area (Å²) in [6.07, 6.45) is 3.60. The van der Waals surface area contributed by atoms with Gasteiger partial charge in [-0.1, -0.05) is 31.5 Å². The molecule has 0 aliphatic carbocycles. The van der Waals surface area contributed by atoms with E-state index in [1.807, 2.05) is 25.4 Å². The molecule has 2 aromatic heterocycles. The highest BCUT2D eigenvalue weighted by atomic mass is 35.5. The molecule has 0 fully saturated rings. The molecule has 1 N–H and O–H groups in total. The van der Waals surface area contributed by atoms with E-state index in [0.717, 1.165) is 23.4 Å². The summed E-state index contributed by atoms with van der Waals surface area (Å²) in [5.74, 6) is 0.308. The lowest BCUT2D eigenvalue weighted by atomic mass is 10.1. The van der Waals surface area contributed by atoms with Crippen molar-refractivity contribution < 1.29 is 5.11 Å². The highest BCUT2D eigenvalue weighted by molar-refractivity contribution is 6.30. The van der Waals surface area contributed by atoms with Crippen LogP contribution >= 0.6 is 11.6 Å². The van der Waals surface area contributed by atoms with E-state index >= 15 is 0 Å². The molecule has 2 rings (SSSR count). The maximum absolute atomic E-state index is 9.33. The Morgan fingerprint density at radius 2 is 2.14 bits per heavy atom. The minimum Gasteiger partial charge on any atom is -0.395 e. The lowest BCUT2D eigenvalue weighted by molar-refractivity contribution is 0.184. The quantitative estimate of drug-likeness (QED) is 0.851. The topological polar surface area (TPSA) is 54.2 Å². The van der Waals surface area contributed by atoms with Crippen molar-refractivity contribution in [2.24, 2.45) is 7.05 Å². The summed E-state index contributed by atoms with van der Waals surface area (Å²) < 4.78 is 1.72. The summed E-state index contributed by atoms with van der Waals surface area (Å²) in [5.41, 5.74) is 3.17. The van der Waals surface area contributed by atoms with Crippen LogP contribution < -0.4 is 0 Å². The number of hydrogen-bond donors (Lipinski definition) is 1. The normalized spacial score (nSPS) is 11.6. The second-order valence-corrected chi connectivity index (χ2v) is 6.09. The second-order valence-electron chi connectivity index (χ2n) is 5.73. The van der Waals surface area contributed by atoms with E-state index in [0.29, 0.717) is 24.2 Å². The number of halogens is 1. The molecule has 0 atom stereocenters. The summed E-state index contributed by atoms with van der Waals surface area (Å²) in [6, 6.07) is 3.95. The summed E-state index contributed by atoms with van der Waals surface area (Å²) in [5, 5.41) is 14.5. The SMILES string of the molecule is CC(C)c1nn(C)c(Cl)c1CN(CCO)Cc1cccnc1. The molecule has 0 unspecified atom stereocenters. The molecule has 0 spiro atoms. The minimum atomic E-state index is 0.106. The largest absolute Gasteiger partial charge is 0.395 e. The number of aliphatic hydroxyl groups is 1. The number of pyridine rings is 1. The average molecular weight is 323 g/mol. The van der Waals surface area contributed by atoms with Gasteiger partial charge in [-0.2, -0.15) is 5.10 Å². The standard InChI is InChI=1S/C16H23ClN4O/c1-12(2)15-14(16(17)20(3)19-15)11-21(7-8-22)10-13-5-4-6-18-9-13/h4-6,9,12,22H,7-8,10-11H2,1-3H3. The monoisotopic (exact) mass is 322 g/mol. The van der Waals surface area contributed by atoms with Gasteiger partial charge in [0, 0.05) is 44.6 Å². The van der Waals surface area contributed by atoms with E-state index in [2.05, 4.69) is 28.8 Å². The highest BCUT2D eigenvalue weighted by Gasteiger charge is 2.19. The summed E-state index contributed by atoms with van der Waals surface area (Å²) in [4.78, 5) is 6.30. The van der Waals surface area contributed by atoms with Gasteiger partial charge in [-0.3, -0.25) is 14.6 Å². The van der Waals surface area contributed by atoms with Crippen LogP contribution in [-0.2, 0) is 20.1 Å². The molecule has 0 amide bonds. The first-order chi connectivity index (χ1) is 10.5. The van der Waals surface area contributed by atoms with Crippen molar-refractivity contribution in [3.8, 4) is 0 Å². The van der Waals surface area contributed by atoms with Crippen LogP contribution in [0, 0.1) is 0 Å². The fourth-order valence-electron chi connectivity index (χ4n) is 2.51. The Balaban J connectivity index is 2.21. The fraction of sp³-hybridized carbons (Fsp3) is 0.500. The second kappa shape index (κ2) is 7.72. The third-order valence-corrected chi connectivity index (χ3v) is 4.05. The van der Waals surface area contributed by atoms with E-state index in [1.165, 1.54) is 0 Å². The van der Waals surface area contributed by atoms with Crippen molar-refractivity contribution in [1.82, 2.24) is 19.7 Å². The van der Waals surface area contributed by atoms with Crippen molar-refractivity contribution in [2.75, 3.05) is 13.2 Å². The lowest BCUT2D eigenvalue weighted by Gasteiger charge is -2.22. The van der Waals surface area contributed by atoms with Crippen LogP contribution in [0.1, 0.15) is 36.6 Å². The van der Waals surface area contributed by atoms with Gasteiger partial charge in [0.15, 0.2) is 0 Å². The molecule has 0 aliphatic heterocycles. The predicted molar refractivity (Wildman–Crippen MR) is 87.7 cm³/mol. The van der Waals surface area contributed by atoms with Gasteiger partial charge in [-0.25, -0.2) is 0 Å². The molecule has 120 valence electrons. The number of aliphatic hydroxyl groups excluding tert-OH is 1. The third-order valence-electron chi connectivity index (χ3n) is 3.57. The van der Waals surface area contributed by atoms with E-state index in [9.17, 15) is 5.11 Å². The Bertz CT molecular complexity index is 598. The number of nitrogens with zero attached hydrogens (tertiary/aromatic N) is 4. The molecule has 0 aliphatic rings. The molecule has 2 aromatic rings. The van der Waals surface area contributed by atoms with Gasteiger partial charge in [-0.05, 0) is 17.5 Å². The van der Waals surface area contributed by atoms with Crippen molar-refractivity contribution in [2.45, 2.75) is 32.9 Å². The van der Waals surface area contributed by atoms with Crippen LogP contribution in [-0.4, -0.2) is 37.9 Å². The smallest absolute Gasteiger partial charge is 0.131 e. The Kier molecular flexibility index (Phi) is 5.94. The van der Waals surface area contributed by atoms with Crippen molar-refractivity contribution in [3.05, 3.63) is 46.5 Å². The molecule has 0 radical (unpaired) electrons. The van der Waals surface area contributed by atoms with E-state index in [1.54, 1.807) is 10.9 Å². The zero-order chi connectivity index (χ0) is 16.1. The fourth-order valence-corrected chi connectivity index (χ4v) is 2.70. The maximum atomic E-state index is 9.33. The Labute approximate surface area is 136 Å². The molecule has 2 heterocycles. The first-order valence-electron chi connectivity index (χ1n) is 7.46. The molecule has 0 aromatic carbocycles. The van der Waals surface area contributed by atoms with Gasteiger partial charge in [0.05, 0.1) is 12.3 Å². The van der Waals surface area contributed by atoms with Crippen molar-refractivity contribution in [1.29, 1.82) is 0 Å². The zero-order valence-corrected chi connectivity index (χ0v) is 14.1. The molecule has 5 nitrogen and oxygen atoms in total. The van der Waals surface area contributed by atoms with E-state index in [-0.39, 0.29) is 6.61 Å². The van der Waals surface area contributed by atoms with Crippen LogP contribution in [0.15, 0.2) is 24.5 Å². The maximum Gasteiger partial charge on any atom is 0.131 e. The van der Waals surface area contributed by atoms with Crippen LogP contribution in [0.4, 0.5) is 0 Å². The molecule has 0 saturated heterocycles. The van der Waals surface area contributed by atoms with Gasteiger partial charge in [0.2, 0.25) is 0 Å². The Hall–Kier alpha value is -1.43. The van der Waals surface area contributed by atoms with Gasteiger partial charge >= 0.3 is 0 Å². The number of hydrogen-bond acceptors (Lipinski definition) is 4. The van der Waals surface area contributed by atoms with Crippen molar-refractivity contribution >= 4 is 11.6 Å². The summed E-state index contributed by atoms with van der Waals surface area (Å²) >= 11 is 6.40. The summed E-state index contributed by atoms with van der Waals surface area (Å²) in [6.45, 7) is 6.29.